The maximum Gasteiger partial charge on any atom is 0.255 e. The first-order valence-electron chi connectivity index (χ1n) is 10.1. The second-order valence-electron chi connectivity index (χ2n) is 7.92. The first-order valence-corrected chi connectivity index (χ1v) is 10.1. The number of aromatic nitrogens is 3. The normalized spacial score (nSPS) is 23.0. The number of rotatable bonds is 3. The van der Waals surface area contributed by atoms with Crippen molar-refractivity contribution in [1.82, 2.24) is 19.7 Å². The van der Waals surface area contributed by atoms with Crippen LogP contribution in [0.15, 0.2) is 42.7 Å². The highest BCUT2D eigenvalue weighted by Crippen LogP contribution is 2.49. The summed E-state index contributed by atoms with van der Waals surface area (Å²) in [6, 6.07) is 9.52. The zero-order chi connectivity index (χ0) is 20.2. The van der Waals surface area contributed by atoms with Crippen molar-refractivity contribution in [3.05, 3.63) is 53.9 Å². The molecule has 2 amide bonds. The molecule has 1 fully saturated rings. The molecular formula is C22H23N5O2. The van der Waals surface area contributed by atoms with E-state index in [-0.39, 0.29) is 17.9 Å². The molecule has 1 N–H and O–H groups in total. The quantitative estimate of drug-likeness (QED) is 0.747. The molecule has 0 bridgehead atoms. The van der Waals surface area contributed by atoms with E-state index in [1.165, 1.54) is 0 Å². The van der Waals surface area contributed by atoms with Gasteiger partial charge in [0.05, 0.1) is 28.7 Å². The van der Waals surface area contributed by atoms with E-state index in [9.17, 15) is 9.59 Å². The third kappa shape index (κ3) is 2.43. The average Bonchev–Trinajstić information content (AvgIpc) is 3.38. The largest absolute Gasteiger partial charge is 0.334 e. The Bertz CT molecular complexity index is 1140. The molecule has 1 spiro atoms. The molecule has 148 valence electrons. The van der Waals surface area contributed by atoms with E-state index in [1.807, 2.05) is 42.3 Å². The molecular weight excluding hydrogens is 366 g/mol. The van der Waals surface area contributed by atoms with Gasteiger partial charge in [0.15, 0.2) is 0 Å². The van der Waals surface area contributed by atoms with Crippen LogP contribution in [0.5, 0.6) is 0 Å². The second kappa shape index (κ2) is 6.40. The van der Waals surface area contributed by atoms with Gasteiger partial charge in [-0.1, -0.05) is 31.5 Å². The van der Waals surface area contributed by atoms with E-state index >= 15 is 0 Å². The molecule has 7 nitrogen and oxygen atoms in total. The molecule has 29 heavy (non-hydrogen) atoms. The van der Waals surface area contributed by atoms with E-state index in [4.69, 9.17) is 0 Å². The number of carbonyl (C=O) groups is 2. The van der Waals surface area contributed by atoms with Gasteiger partial charge in [-0.25, -0.2) is 0 Å². The predicted octanol–water partition coefficient (Wildman–Crippen LogP) is 2.87. The number of hydrogen-bond acceptors (Lipinski definition) is 4. The highest BCUT2D eigenvalue weighted by atomic mass is 16.2. The van der Waals surface area contributed by atoms with Crippen molar-refractivity contribution >= 4 is 28.5 Å². The number of benzene rings is 1. The first kappa shape index (κ1) is 17.8. The van der Waals surface area contributed by atoms with Crippen molar-refractivity contribution < 1.29 is 9.59 Å². The molecule has 4 heterocycles. The van der Waals surface area contributed by atoms with Crippen LogP contribution < -0.4 is 5.32 Å². The number of nitrogens with zero attached hydrogens (tertiary/aromatic N) is 4. The Kier molecular flexibility index (Phi) is 3.94. The van der Waals surface area contributed by atoms with E-state index in [1.54, 1.807) is 17.1 Å². The van der Waals surface area contributed by atoms with Crippen molar-refractivity contribution in [3.8, 4) is 0 Å². The third-order valence-corrected chi connectivity index (χ3v) is 6.42. The molecule has 0 unspecified atom stereocenters. The molecule has 5 rings (SSSR count). The highest BCUT2D eigenvalue weighted by Gasteiger charge is 2.58. The Labute approximate surface area is 168 Å². The molecule has 2 aromatic heterocycles. The molecule has 7 heteroatoms. The van der Waals surface area contributed by atoms with Gasteiger partial charge < -0.3 is 10.2 Å². The molecule has 1 saturated heterocycles. The van der Waals surface area contributed by atoms with E-state index in [0.29, 0.717) is 18.5 Å². The number of anilines is 1. The topological polar surface area (TPSA) is 80.1 Å². The zero-order valence-corrected chi connectivity index (χ0v) is 16.6. The standard InChI is InChI=1S/C22H23N5O2/c1-3-6-19-22(15-7-4-5-8-16(15)25-21(22)29)9-10-27(19)20(28)14-11-18-17(23-12-14)13-24-26(18)2/h4-5,7-8,11-13,19H,3,6,9-10H2,1-2H3,(H,25,29)/t19-,22-/m0/s1. The van der Waals surface area contributed by atoms with Gasteiger partial charge in [-0.2, -0.15) is 5.10 Å². The number of para-hydroxylation sites is 1. The minimum absolute atomic E-state index is 0.00709. The molecule has 2 aliphatic heterocycles. The number of hydrogen-bond donors (Lipinski definition) is 1. The van der Waals surface area contributed by atoms with Crippen LogP contribution in [0, 0.1) is 0 Å². The van der Waals surface area contributed by atoms with Gasteiger partial charge in [-0.05, 0) is 30.5 Å². The van der Waals surface area contributed by atoms with E-state index in [2.05, 4.69) is 22.3 Å². The summed E-state index contributed by atoms with van der Waals surface area (Å²) in [5.41, 5.74) is 3.32. The maximum absolute atomic E-state index is 13.5. The van der Waals surface area contributed by atoms with Crippen LogP contribution in [0.3, 0.4) is 0 Å². The molecule has 3 aromatic rings. The Morgan fingerprint density at radius 3 is 2.97 bits per heavy atom. The smallest absolute Gasteiger partial charge is 0.255 e. The fourth-order valence-corrected chi connectivity index (χ4v) is 5.03. The Morgan fingerprint density at radius 2 is 2.14 bits per heavy atom. The number of fused-ring (bicyclic) bond motifs is 3. The summed E-state index contributed by atoms with van der Waals surface area (Å²) in [4.78, 5) is 32.9. The predicted molar refractivity (Wildman–Crippen MR) is 110 cm³/mol. The van der Waals surface area contributed by atoms with Gasteiger partial charge in [-0.3, -0.25) is 19.3 Å². The SMILES string of the molecule is CCC[C@@H]1N(C(=O)c2cnc3cnn(C)c3c2)CC[C@@]12C(=O)Nc1ccccc12. The van der Waals surface area contributed by atoms with Gasteiger partial charge in [0.2, 0.25) is 5.91 Å². The van der Waals surface area contributed by atoms with Crippen molar-refractivity contribution in [3.63, 3.8) is 0 Å². The number of pyridine rings is 1. The summed E-state index contributed by atoms with van der Waals surface area (Å²) in [5, 5.41) is 7.25. The van der Waals surface area contributed by atoms with Gasteiger partial charge in [0.25, 0.3) is 5.91 Å². The number of nitrogens with one attached hydrogen (secondary N) is 1. The molecule has 2 atom stereocenters. The van der Waals surface area contributed by atoms with Crippen LogP contribution in [0.2, 0.25) is 0 Å². The van der Waals surface area contributed by atoms with Gasteiger partial charge in [0, 0.05) is 25.5 Å². The van der Waals surface area contributed by atoms with Crippen LogP contribution >= 0.6 is 0 Å². The van der Waals surface area contributed by atoms with Crippen LogP contribution in [0.4, 0.5) is 5.69 Å². The Balaban J connectivity index is 1.56. The lowest BCUT2D eigenvalue weighted by molar-refractivity contribution is -0.121. The average molecular weight is 389 g/mol. The molecule has 2 aliphatic rings. The van der Waals surface area contributed by atoms with Crippen molar-refractivity contribution in [2.24, 2.45) is 7.05 Å². The maximum atomic E-state index is 13.5. The number of amides is 2. The third-order valence-electron chi connectivity index (χ3n) is 6.42. The Hall–Kier alpha value is -3.22. The number of aryl methyl sites for hydroxylation is 1. The van der Waals surface area contributed by atoms with Gasteiger partial charge in [-0.15, -0.1) is 0 Å². The highest BCUT2D eigenvalue weighted by molar-refractivity contribution is 6.08. The van der Waals surface area contributed by atoms with Crippen molar-refractivity contribution in [1.29, 1.82) is 0 Å². The fourth-order valence-electron chi connectivity index (χ4n) is 5.03. The van der Waals surface area contributed by atoms with Crippen LogP contribution in [0.25, 0.3) is 11.0 Å². The summed E-state index contributed by atoms with van der Waals surface area (Å²) in [5.74, 6) is -0.0687. The van der Waals surface area contributed by atoms with Gasteiger partial charge in [0.1, 0.15) is 5.52 Å². The molecule has 0 aliphatic carbocycles. The van der Waals surface area contributed by atoms with Crippen LogP contribution in [-0.2, 0) is 17.3 Å². The van der Waals surface area contributed by atoms with E-state index in [0.717, 1.165) is 35.1 Å². The zero-order valence-electron chi connectivity index (χ0n) is 16.6. The lowest BCUT2D eigenvalue weighted by Crippen LogP contribution is -2.48. The summed E-state index contributed by atoms with van der Waals surface area (Å²) < 4.78 is 1.72. The molecule has 1 aromatic carbocycles. The lowest BCUT2D eigenvalue weighted by Gasteiger charge is -2.34. The lowest BCUT2D eigenvalue weighted by atomic mass is 9.73. The summed E-state index contributed by atoms with van der Waals surface area (Å²) in [6.45, 7) is 2.64. The van der Waals surface area contributed by atoms with Crippen molar-refractivity contribution in [2.45, 2.75) is 37.6 Å². The first-order chi connectivity index (χ1) is 14.1. The minimum atomic E-state index is -0.674. The van der Waals surface area contributed by atoms with Crippen LogP contribution in [-0.4, -0.2) is 44.1 Å². The number of likely N-dealkylation sites (tertiary alicyclic amines) is 1. The minimum Gasteiger partial charge on any atom is -0.334 e. The second-order valence-corrected chi connectivity index (χ2v) is 7.92. The summed E-state index contributed by atoms with van der Waals surface area (Å²) in [7, 11) is 1.84. The molecule has 0 radical (unpaired) electrons. The monoisotopic (exact) mass is 389 g/mol. The van der Waals surface area contributed by atoms with Crippen LogP contribution in [0.1, 0.15) is 42.1 Å². The fraction of sp³-hybridized carbons (Fsp3) is 0.364. The van der Waals surface area contributed by atoms with Gasteiger partial charge >= 0.3 is 0 Å². The number of carbonyl (C=O) groups excluding carboxylic acids is 2. The summed E-state index contributed by atoms with van der Waals surface area (Å²) in [6.07, 6.45) is 5.60. The van der Waals surface area contributed by atoms with E-state index < -0.39 is 5.41 Å². The summed E-state index contributed by atoms with van der Waals surface area (Å²) >= 11 is 0. The van der Waals surface area contributed by atoms with Crippen molar-refractivity contribution in [2.75, 3.05) is 11.9 Å². The Morgan fingerprint density at radius 1 is 1.31 bits per heavy atom. The molecule has 0 saturated carbocycles.